The minimum absolute atomic E-state index is 0.0444. The smallest absolute Gasteiger partial charge is 0.317 e. The molecule has 1 aromatic carbocycles. The van der Waals surface area contributed by atoms with E-state index in [0.29, 0.717) is 44.3 Å². The Labute approximate surface area is 197 Å². The molecular formula is C26H39N3O4. The number of carbonyl (C=O) groups is 1. The Bertz CT molecular complexity index is 891. The van der Waals surface area contributed by atoms with Gasteiger partial charge in [0.2, 0.25) is 0 Å². The molecule has 4 aliphatic carbocycles. The van der Waals surface area contributed by atoms with Crippen molar-refractivity contribution in [1.29, 1.82) is 0 Å². The number of likely N-dealkylation sites (tertiary alicyclic amines) is 1. The van der Waals surface area contributed by atoms with Crippen LogP contribution in [-0.2, 0) is 5.60 Å². The van der Waals surface area contributed by atoms with E-state index in [1.54, 1.807) is 7.11 Å². The number of aliphatic hydroxyl groups is 2. The van der Waals surface area contributed by atoms with Crippen LogP contribution in [0.2, 0.25) is 0 Å². The lowest BCUT2D eigenvalue weighted by Crippen LogP contribution is -2.67. The molecule has 7 heteroatoms. The molecule has 1 aromatic rings. The molecule has 4 saturated carbocycles. The second-order valence-corrected chi connectivity index (χ2v) is 11.7. The number of hydrogen-bond acceptors (Lipinski definition) is 5. The highest BCUT2D eigenvalue weighted by atomic mass is 16.5. The first-order valence-corrected chi connectivity index (χ1v) is 12.4. The fraction of sp³-hybridized carbons (Fsp3) is 0.731. The van der Waals surface area contributed by atoms with Crippen molar-refractivity contribution >= 4 is 6.03 Å². The highest BCUT2D eigenvalue weighted by Gasteiger charge is 2.58. The lowest BCUT2D eigenvalue weighted by molar-refractivity contribution is -0.140. The molecule has 0 radical (unpaired) electrons. The minimum atomic E-state index is -1.02. The van der Waals surface area contributed by atoms with E-state index in [1.807, 2.05) is 43.3 Å². The van der Waals surface area contributed by atoms with Gasteiger partial charge in [0.05, 0.1) is 18.3 Å². The largest absolute Gasteiger partial charge is 0.497 e. The number of methoxy groups -OCH3 is 1. The number of urea groups is 1. The molecule has 5 aliphatic rings. The van der Waals surface area contributed by atoms with Gasteiger partial charge in [-0.3, -0.25) is 0 Å². The molecule has 4 unspecified atom stereocenters. The van der Waals surface area contributed by atoms with Crippen LogP contribution in [0, 0.1) is 17.8 Å². The third-order valence-corrected chi connectivity index (χ3v) is 8.72. The summed E-state index contributed by atoms with van der Waals surface area (Å²) in [4.78, 5) is 17.4. The number of amides is 2. The SMILES string of the molecule is COc1cccc(C2(O)CCN(C(=O)NC34CC5CC(CC(O)(C5)C3)C4)CC2CN(C)C)c1. The van der Waals surface area contributed by atoms with Crippen LogP contribution in [0.4, 0.5) is 4.79 Å². The zero-order valence-corrected chi connectivity index (χ0v) is 20.2. The van der Waals surface area contributed by atoms with Gasteiger partial charge in [0.1, 0.15) is 5.75 Å². The van der Waals surface area contributed by atoms with Gasteiger partial charge in [-0.15, -0.1) is 0 Å². The normalized spacial score (nSPS) is 39.7. The number of hydrogen-bond donors (Lipinski definition) is 3. The fourth-order valence-corrected chi connectivity index (χ4v) is 7.79. The molecular weight excluding hydrogens is 418 g/mol. The van der Waals surface area contributed by atoms with Crippen LogP contribution in [0.5, 0.6) is 5.75 Å². The van der Waals surface area contributed by atoms with E-state index in [-0.39, 0.29) is 17.5 Å². The van der Waals surface area contributed by atoms with Crippen molar-refractivity contribution in [1.82, 2.24) is 15.1 Å². The molecule has 33 heavy (non-hydrogen) atoms. The number of benzene rings is 1. The Balaban J connectivity index is 1.33. The van der Waals surface area contributed by atoms with Crippen LogP contribution in [-0.4, -0.2) is 78.0 Å². The van der Waals surface area contributed by atoms with Crippen LogP contribution in [0.1, 0.15) is 50.5 Å². The standard InChI is InChI=1S/C26H39N3O4/c1-28(2)15-21-16-29(8-7-26(21,32)20-5-4-6-22(10-20)33-3)23(30)27-24-11-18-9-19(12-24)14-25(31,13-18)17-24/h4-6,10,18-19,21,31-32H,7-9,11-17H2,1-3H3,(H,27,30). The molecule has 7 nitrogen and oxygen atoms in total. The Morgan fingerprint density at radius 2 is 1.94 bits per heavy atom. The quantitative estimate of drug-likeness (QED) is 0.633. The molecule has 1 aliphatic heterocycles. The summed E-state index contributed by atoms with van der Waals surface area (Å²) in [7, 11) is 5.64. The van der Waals surface area contributed by atoms with Gasteiger partial charge in [0.25, 0.3) is 0 Å². The van der Waals surface area contributed by atoms with E-state index in [2.05, 4.69) is 10.2 Å². The predicted molar refractivity (Wildman–Crippen MR) is 126 cm³/mol. The van der Waals surface area contributed by atoms with Crippen LogP contribution in [0.3, 0.4) is 0 Å². The summed E-state index contributed by atoms with van der Waals surface area (Å²) in [6, 6.07) is 7.62. The van der Waals surface area contributed by atoms with E-state index < -0.39 is 11.2 Å². The van der Waals surface area contributed by atoms with Gasteiger partial charge in [-0.1, -0.05) is 12.1 Å². The molecule has 0 spiro atoms. The highest BCUT2D eigenvalue weighted by Crippen LogP contribution is 2.57. The maximum Gasteiger partial charge on any atom is 0.317 e. The second kappa shape index (κ2) is 8.14. The summed E-state index contributed by atoms with van der Waals surface area (Å²) in [5.74, 6) is 1.65. The van der Waals surface area contributed by atoms with Crippen molar-refractivity contribution in [2.45, 2.75) is 61.7 Å². The van der Waals surface area contributed by atoms with Crippen LogP contribution in [0.15, 0.2) is 24.3 Å². The van der Waals surface area contributed by atoms with Crippen LogP contribution in [0.25, 0.3) is 0 Å². The topological polar surface area (TPSA) is 85.3 Å². The minimum Gasteiger partial charge on any atom is -0.497 e. The molecule has 1 heterocycles. The monoisotopic (exact) mass is 457 g/mol. The summed E-state index contributed by atoms with van der Waals surface area (Å²) >= 11 is 0. The van der Waals surface area contributed by atoms with Gasteiger partial charge >= 0.3 is 6.03 Å². The van der Waals surface area contributed by atoms with Gasteiger partial charge < -0.3 is 30.1 Å². The zero-order chi connectivity index (χ0) is 23.4. The molecule has 4 atom stereocenters. The molecule has 6 rings (SSSR count). The molecule has 2 amide bonds. The highest BCUT2D eigenvalue weighted by molar-refractivity contribution is 5.75. The van der Waals surface area contributed by atoms with Gasteiger partial charge in [-0.2, -0.15) is 0 Å². The maximum atomic E-state index is 13.5. The summed E-state index contributed by atoms with van der Waals surface area (Å²) in [5, 5.41) is 26.3. The van der Waals surface area contributed by atoms with Crippen molar-refractivity contribution < 1.29 is 19.7 Å². The second-order valence-electron chi connectivity index (χ2n) is 11.7. The van der Waals surface area contributed by atoms with Crippen molar-refractivity contribution in [3.63, 3.8) is 0 Å². The Hall–Kier alpha value is -1.83. The molecule has 182 valence electrons. The van der Waals surface area contributed by atoms with E-state index >= 15 is 0 Å². The first-order valence-electron chi connectivity index (χ1n) is 12.4. The van der Waals surface area contributed by atoms with Gasteiger partial charge in [-0.05, 0) is 88.6 Å². The van der Waals surface area contributed by atoms with Crippen LogP contribution < -0.4 is 10.1 Å². The van der Waals surface area contributed by atoms with Crippen molar-refractivity contribution in [3.8, 4) is 5.75 Å². The molecule has 1 saturated heterocycles. The average Bonchev–Trinajstić information content (AvgIpc) is 2.73. The summed E-state index contributed by atoms with van der Waals surface area (Å²) in [6.07, 6.45) is 6.12. The Kier molecular flexibility index (Phi) is 5.66. The Morgan fingerprint density at radius 1 is 1.21 bits per heavy atom. The molecule has 4 bridgehead atoms. The van der Waals surface area contributed by atoms with Gasteiger partial charge in [-0.25, -0.2) is 4.79 Å². The molecule has 5 fully saturated rings. The number of nitrogens with one attached hydrogen (secondary N) is 1. The van der Waals surface area contributed by atoms with E-state index in [9.17, 15) is 15.0 Å². The number of piperidine rings is 1. The van der Waals surface area contributed by atoms with E-state index in [0.717, 1.165) is 37.0 Å². The fourth-order valence-electron chi connectivity index (χ4n) is 7.79. The molecule has 3 N–H and O–H groups in total. The molecule has 0 aromatic heterocycles. The van der Waals surface area contributed by atoms with Gasteiger partial charge in [0.15, 0.2) is 0 Å². The van der Waals surface area contributed by atoms with Gasteiger partial charge in [0, 0.05) is 31.1 Å². The number of ether oxygens (including phenoxy) is 1. The van der Waals surface area contributed by atoms with Crippen LogP contribution >= 0.6 is 0 Å². The van der Waals surface area contributed by atoms with Crippen molar-refractivity contribution in [2.75, 3.05) is 40.8 Å². The lowest BCUT2D eigenvalue weighted by atomic mass is 9.51. The lowest BCUT2D eigenvalue weighted by Gasteiger charge is -2.60. The average molecular weight is 458 g/mol. The number of carbonyl (C=O) groups excluding carboxylic acids is 1. The number of nitrogens with zero attached hydrogens (tertiary/aromatic N) is 2. The van der Waals surface area contributed by atoms with E-state index in [4.69, 9.17) is 4.74 Å². The summed E-state index contributed by atoms with van der Waals surface area (Å²) in [6.45, 7) is 1.66. The number of rotatable bonds is 5. The summed E-state index contributed by atoms with van der Waals surface area (Å²) in [5.41, 5.74) is -1.05. The summed E-state index contributed by atoms with van der Waals surface area (Å²) < 4.78 is 5.39. The third-order valence-electron chi connectivity index (χ3n) is 8.72. The Morgan fingerprint density at radius 3 is 2.58 bits per heavy atom. The maximum absolute atomic E-state index is 13.5. The first kappa shape index (κ1) is 22.9. The van der Waals surface area contributed by atoms with Crippen molar-refractivity contribution in [3.05, 3.63) is 29.8 Å². The zero-order valence-electron chi connectivity index (χ0n) is 20.2. The van der Waals surface area contributed by atoms with E-state index in [1.165, 1.54) is 6.42 Å². The predicted octanol–water partition coefficient (Wildman–Crippen LogP) is 2.56. The first-order chi connectivity index (χ1) is 15.6. The van der Waals surface area contributed by atoms with Crippen molar-refractivity contribution in [2.24, 2.45) is 17.8 Å². The third kappa shape index (κ3) is 4.24.